The van der Waals surface area contributed by atoms with Gasteiger partial charge in [0.25, 0.3) is 23.6 Å². The maximum atomic E-state index is 12.5. The summed E-state index contributed by atoms with van der Waals surface area (Å²) in [6.45, 7) is 1.77. The molecule has 3 heterocycles. The van der Waals surface area contributed by atoms with Crippen LogP contribution in [0.3, 0.4) is 0 Å². The monoisotopic (exact) mass is 459 g/mol. The lowest BCUT2D eigenvalue weighted by Crippen LogP contribution is -2.29. The van der Waals surface area contributed by atoms with E-state index in [4.69, 9.17) is 9.15 Å². The topological polar surface area (TPSA) is 103 Å². The first kappa shape index (κ1) is 20.8. The number of carbonyl (C=O) groups is 3. The zero-order valence-electron chi connectivity index (χ0n) is 17.4. The van der Waals surface area contributed by atoms with Gasteiger partial charge in [0.05, 0.1) is 28.1 Å². The molecule has 0 fully saturated rings. The third-order valence-corrected chi connectivity index (χ3v) is 6.07. The third kappa shape index (κ3) is 3.94. The zero-order chi connectivity index (χ0) is 22.9. The molecule has 5 rings (SSSR count). The molecule has 9 heteroatoms. The highest BCUT2D eigenvalue weighted by Gasteiger charge is 2.35. The molecule has 2 amide bonds. The predicted molar refractivity (Wildman–Crippen MR) is 119 cm³/mol. The van der Waals surface area contributed by atoms with Crippen molar-refractivity contribution >= 4 is 29.1 Å². The van der Waals surface area contributed by atoms with Gasteiger partial charge in [-0.3, -0.25) is 14.5 Å². The number of imide groups is 1. The smallest absolute Gasteiger partial charge is 0.338 e. The number of fused-ring (bicyclic) bond motifs is 1. The van der Waals surface area contributed by atoms with E-state index in [0.717, 1.165) is 4.88 Å². The Morgan fingerprint density at radius 3 is 2.33 bits per heavy atom. The average molecular weight is 459 g/mol. The van der Waals surface area contributed by atoms with E-state index in [0.29, 0.717) is 28.1 Å². The van der Waals surface area contributed by atoms with Crippen molar-refractivity contribution in [1.29, 1.82) is 0 Å². The number of thiophene rings is 1. The van der Waals surface area contributed by atoms with Gasteiger partial charge >= 0.3 is 5.97 Å². The first-order valence-electron chi connectivity index (χ1n) is 10.1. The maximum Gasteiger partial charge on any atom is 0.338 e. The molecule has 0 saturated carbocycles. The molecule has 0 N–H and O–H groups in total. The fourth-order valence-corrected chi connectivity index (χ4v) is 4.13. The van der Waals surface area contributed by atoms with E-state index in [1.807, 2.05) is 17.5 Å². The van der Waals surface area contributed by atoms with E-state index in [1.165, 1.54) is 16.2 Å². The number of ether oxygens (including phenoxy) is 1. The van der Waals surface area contributed by atoms with Crippen molar-refractivity contribution in [1.82, 2.24) is 15.1 Å². The van der Waals surface area contributed by atoms with Crippen LogP contribution in [0.25, 0.3) is 10.8 Å². The lowest BCUT2D eigenvalue weighted by Gasteiger charge is -2.14. The first-order valence-corrected chi connectivity index (χ1v) is 11.0. The van der Waals surface area contributed by atoms with Crippen LogP contribution in [0.4, 0.5) is 0 Å². The molecule has 2 aromatic carbocycles. The number of hydrogen-bond donors (Lipinski definition) is 0. The summed E-state index contributed by atoms with van der Waals surface area (Å²) in [4.78, 5) is 39.6. The van der Waals surface area contributed by atoms with Crippen LogP contribution in [-0.4, -0.2) is 32.9 Å². The molecule has 1 aliphatic rings. The van der Waals surface area contributed by atoms with Crippen molar-refractivity contribution in [2.75, 3.05) is 0 Å². The van der Waals surface area contributed by atoms with Crippen molar-refractivity contribution in [3.8, 4) is 10.8 Å². The Labute approximate surface area is 192 Å². The second kappa shape index (κ2) is 8.44. The van der Waals surface area contributed by atoms with Crippen molar-refractivity contribution in [2.45, 2.75) is 19.6 Å². The van der Waals surface area contributed by atoms with Crippen molar-refractivity contribution < 1.29 is 23.5 Å². The second-order valence-corrected chi connectivity index (χ2v) is 8.36. The van der Waals surface area contributed by atoms with Gasteiger partial charge in [0.15, 0.2) is 6.10 Å². The number of benzene rings is 2. The van der Waals surface area contributed by atoms with Gasteiger partial charge in [-0.2, -0.15) is 0 Å². The van der Waals surface area contributed by atoms with Crippen LogP contribution in [-0.2, 0) is 11.3 Å². The second-order valence-electron chi connectivity index (χ2n) is 7.41. The van der Waals surface area contributed by atoms with Gasteiger partial charge in [-0.15, -0.1) is 21.5 Å². The summed E-state index contributed by atoms with van der Waals surface area (Å²) in [7, 11) is 0. The maximum absolute atomic E-state index is 12.5. The molecule has 0 spiro atoms. The van der Waals surface area contributed by atoms with Crippen LogP contribution < -0.4 is 0 Å². The molecule has 164 valence electrons. The van der Waals surface area contributed by atoms with Crippen molar-refractivity contribution in [3.63, 3.8) is 0 Å². The summed E-state index contributed by atoms with van der Waals surface area (Å²) >= 11 is 1.47. The molecule has 2 aromatic heterocycles. The number of nitrogens with zero attached hydrogens (tertiary/aromatic N) is 3. The largest absolute Gasteiger partial charge is 0.449 e. The molecule has 33 heavy (non-hydrogen) atoms. The predicted octanol–water partition coefficient (Wildman–Crippen LogP) is 4.51. The Morgan fingerprint density at radius 2 is 1.70 bits per heavy atom. The van der Waals surface area contributed by atoms with Gasteiger partial charge in [0, 0.05) is 0 Å². The Hall–Kier alpha value is -4.11. The minimum Gasteiger partial charge on any atom is -0.449 e. The van der Waals surface area contributed by atoms with Gasteiger partial charge < -0.3 is 9.15 Å². The van der Waals surface area contributed by atoms with E-state index in [1.54, 1.807) is 55.5 Å². The fourth-order valence-electron chi connectivity index (χ4n) is 3.49. The quantitative estimate of drug-likeness (QED) is 0.309. The molecule has 0 aliphatic carbocycles. The summed E-state index contributed by atoms with van der Waals surface area (Å²) < 4.78 is 11.1. The molecule has 0 radical (unpaired) electrons. The molecule has 1 atom stereocenters. The van der Waals surface area contributed by atoms with Crippen LogP contribution in [0.5, 0.6) is 0 Å². The standard InChI is InChI=1S/C24H17N3O5S/c1-14(20-25-26-21(32-20)19-7-4-12-33-19)31-24(30)16-10-8-15(9-11-16)13-27-22(28)17-5-2-3-6-18(17)23(27)29/h2-12,14H,13H2,1H3. The van der Waals surface area contributed by atoms with Crippen molar-refractivity contribution in [3.05, 3.63) is 94.2 Å². The van der Waals surface area contributed by atoms with Crippen LogP contribution in [0.15, 0.2) is 70.5 Å². The molecule has 0 bridgehead atoms. The number of esters is 1. The zero-order valence-corrected chi connectivity index (χ0v) is 18.2. The molecule has 0 saturated heterocycles. The number of hydrogen-bond acceptors (Lipinski definition) is 8. The SMILES string of the molecule is CC(OC(=O)c1ccc(CN2C(=O)c3ccccc3C2=O)cc1)c1nnc(-c2cccs2)o1. The number of aromatic nitrogens is 2. The molecular formula is C24H17N3O5S. The Morgan fingerprint density at radius 1 is 1.00 bits per heavy atom. The fraction of sp³-hybridized carbons (Fsp3) is 0.125. The number of amides is 2. The van der Waals surface area contributed by atoms with Gasteiger partial charge in [0.1, 0.15) is 0 Å². The van der Waals surface area contributed by atoms with Crippen LogP contribution in [0.2, 0.25) is 0 Å². The molecule has 1 unspecified atom stereocenters. The van der Waals surface area contributed by atoms with E-state index in [9.17, 15) is 14.4 Å². The summed E-state index contributed by atoms with van der Waals surface area (Å²) in [6.07, 6.45) is -0.725. The first-order chi connectivity index (χ1) is 16.0. The van der Waals surface area contributed by atoms with Gasteiger partial charge in [0.2, 0.25) is 0 Å². The van der Waals surface area contributed by atoms with Crippen LogP contribution >= 0.6 is 11.3 Å². The van der Waals surface area contributed by atoms with Gasteiger partial charge in [-0.1, -0.05) is 30.3 Å². The summed E-state index contributed by atoms with van der Waals surface area (Å²) in [5.74, 6) is -0.621. The van der Waals surface area contributed by atoms with E-state index in [2.05, 4.69) is 10.2 Å². The third-order valence-electron chi connectivity index (χ3n) is 5.21. The van der Waals surface area contributed by atoms with E-state index >= 15 is 0 Å². The number of rotatable bonds is 6. The normalized spacial score (nSPS) is 13.8. The Kier molecular flexibility index (Phi) is 5.31. The summed E-state index contributed by atoms with van der Waals surface area (Å²) in [5, 5.41) is 9.86. The molecular weight excluding hydrogens is 442 g/mol. The lowest BCUT2D eigenvalue weighted by molar-refractivity contribution is 0.0279. The highest BCUT2D eigenvalue weighted by Crippen LogP contribution is 2.27. The van der Waals surface area contributed by atoms with E-state index < -0.39 is 12.1 Å². The van der Waals surface area contributed by atoms with Crippen LogP contribution in [0.1, 0.15) is 55.6 Å². The molecule has 1 aliphatic heterocycles. The minimum absolute atomic E-state index is 0.117. The summed E-state index contributed by atoms with van der Waals surface area (Å²) in [5.41, 5.74) is 1.84. The van der Waals surface area contributed by atoms with Crippen LogP contribution in [0, 0.1) is 0 Å². The molecule has 4 aromatic rings. The van der Waals surface area contributed by atoms with E-state index in [-0.39, 0.29) is 24.2 Å². The highest BCUT2D eigenvalue weighted by atomic mass is 32.1. The molecule has 8 nitrogen and oxygen atoms in total. The summed E-state index contributed by atoms with van der Waals surface area (Å²) in [6, 6.07) is 17.0. The average Bonchev–Trinajstić information content (AvgIpc) is 3.58. The van der Waals surface area contributed by atoms with Crippen molar-refractivity contribution in [2.24, 2.45) is 0 Å². The minimum atomic E-state index is -0.725. The van der Waals surface area contributed by atoms with Gasteiger partial charge in [-0.05, 0) is 48.2 Å². The Bertz CT molecular complexity index is 1310. The number of carbonyl (C=O) groups excluding carboxylic acids is 3. The van der Waals surface area contributed by atoms with Gasteiger partial charge in [-0.25, -0.2) is 4.79 Å². The lowest BCUT2D eigenvalue weighted by atomic mass is 10.1. The Balaban J connectivity index is 1.23. The highest BCUT2D eigenvalue weighted by molar-refractivity contribution is 7.13.